The van der Waals surface area contributed by atoms with Crippen LogP contribution in [0.2, 0.25) is 0 Å². The second-order valence-corrected chi connectivity index (χ2v) is 2.71. The first kappa shape index (κ1) is 13.3. The van der Waals surface area contributed by atoms with E-state index in [9.17, 15) is 31.1 Å². The Bertz CT molecular complexity index is 431. The average molecular weight is 259 g/mol. The summed E-state index contributed by atoms with van der Waals surface area (Å²) in [6.45, 7) is 0. The summed E-state index contributed by atoms with van der Waals surface area (Å²) in [6.07, 6.45) is -8.86. The quantitative estimate of drug-likeness (QED) is 0.618. The van der Waals surface area contributed by atoms with E-state index in [0.29, 0.717) is 0 Å². The number of carbonyl (C=O) groups is 1. The van der Waals surface area contributed by atoms with Crippen molar-refractivity contribution in [2.75, 3.05) is 0 Å². The van der Waals surface area contributed by atoms with Crippen molar-refractivity contribution in [3.8, 4) is 5.88 Å². The Kier molecular flexibility index (Phi) is 3.59. The zero-order chi connectivity index (χ0) is 13.2. The van der Waals surface area contributed by atoms with Gasteiger partial charge in [0.2, 0.25) is 5.88 Å². The van der Waals surface area contributed by atoms with Crippen molar-refractivity contribution in [2.45, 2.75) is 12.8 Å². The van der Waals surface area contributed by atoms with Gasteiger partial charge in [-0.2, -0.15) is 0 Å². The first-order valence-corrected chi connectivity index (χ1v) is 3.94. The summed E-state index contributed by atoms with van der Waals surface area (Å²) in [5.74, 6) is -2.96. The molecular weight excluding hydrogens is 256 g/mol. The Hall–Kier alpha value is -1.80. The van der Waals surface area contributed by atoms with Crippen LogP contribution in [-0.2, 0) is 0 Å². The largest absolute Gasteiger partial charge is 0.574 e. The Morgan fingerprint density at radius 2 is 1.94 bits per heavy atom. The molecule has 17 heavy (non-hydrogen) atoms. The molecule has 0 saturated heterocycles. The third-order valence-corrected chi connectivity index (χ3v) is 1.56. The van der Waals surface area contributed by atoms with Crippen molar-refractivity contribution in [1.29, 1.82) is 0 Å². The smallest absolute Gasteiger partial charge is 0.388 e. The molecule has 1 aromatic rings. The zero-order valence-corrected chi connectivity index (χ0v) is 7.76. The molecule has 0 saturated carbocycles. The number of nitrogens with zero attached hydrogens (tertiary/aromatic N) is 1. The van der Waals surface area contributed by atoms with Crippen LogP contribution in [0.15, 0.2) is 6.07 Å². The Balaban J connectivity index is 3.24. The lowest BCUT2D eigenvalue weighted by molar-refractivity contribution is -0.276. The van der Waals surface area contributed by atoms with Gasteiger partial charge in [0.05, 0.1) is 5.56 Å². The Morgan fingerprint density at radius 3 is 2.35 bits per heavy atom. The highest BCUT2D eigenvalue weighted by Gasteiger charge is 2.33. The maximum absolute atomic E-state index is 13.0. The van der Waals surface area contributed by atoms with Crippen LogP contribution in [-0.4, -0.2) is 17.6 Å². The summed E-state index contributed by atoms with van der Waals surface area (Å²) < 4.78 is 76.0. The highest BCUT2D eigenvalue weighted by atomic mass is 19.4. The van der Waals surface area contributed by atoms with Crippen molar-refractivity contribution in [2.24, 2.45) is 0 Å². The van der Waals surface area contributed by atoms with Gasteiger partial charge in [-0.05, 0) is 0 Å². The Labute approximate surface area is 90.0 Å². The predicted molar refractivity (Wildman–Crippen MR) is 41.2 cm³/mol. The molecule has 0 amide bonds. The summed E-state index contributed by atoms with van der Waals surface area (Å²) in [5.41, 5.74) is -2.51. The number of aromatic nitrogens is 1. The van der Waals surface area contributed by atoms with E-state index in [1.54, 1.807) is 0 Å². The van der Waals surface area contributed by atoms with Gasteiger partial charge in [0.15, 0.2) is 6.29 Å². The third kappa shape index (κ3) is 3.33. The van der Waals surface area contributed by atoms with Crippen LogP contribution in [0.5, 0.6) is 5.88 Å². The van der Waals surface area contributed by atoms with Crippen LogP contribution in [0.4, 0.5) is 26.3 Å². The highest BCUT2D eigenvalue weighted by Crippen LogP contribution is 2.28. The second kappa shape index (κ2) is 4.60. The van der Waals surface area contributed by atoms with E-state index in [-0.39, 0.29) is 12.4 Å². The van der Waals surface area contributed by atoms with Crippen molar-refractivity contribution in [3.63, 3.8) is 0 Å². The van der Waals surface area contributed by atoms with Crippen LogP contribution in [0.1, 0.15) is 22.5 Å². The topological polar surface area (TPSA) is 39.2 Å². The van der Waals surface area contributed by atoms with Crippen LogP contribution in [0.25, 0.3) is 0 Å². The molecule has 0 bridgehead atoms. The molecule has 0 radical (unpaired) electrons. The number of alkyl halides is 5. The number of pyridine rings is 1. The van der Waals surface area contributed by atoms with Gasteiger partial charge in [-0.1, -0.05) is 0 Å². The lowest BCUT2D eigenvalue weighted by Gasteiger charge is -2.10. The molecule has 0 aliphatic carbocycles. The monoisotopic (exact) mass is 259 g/mol. The number of carbonyl (C=O) groups excluding carboxylic acids is 1. The van der Waals surface area contributed by atoms with E-state index >= 15 is 0 Å². The predicted octanol–water partition coefficient (Wildman–Crippen LogP) is 2.87. The standard InChI is InChI=1S/C8H3F6NO2/c9-4-1-5(17-8(12,13)14)15-6(7(10)11)3(4)2-16/h1-2,7H. The molecule has 0 aliphatic heterocycles. The number of ether oxygens (including phenoxy) is 1. The van der Waals surface area contributed by atoms with Gasteiger partial charge in [-0.3, -0.25) is 4.79 Å². The molecular formula is C8H3F6NO2. The van der Waals surface area contributed by atoms with Gasteiger partial charge in [0.1, 0.15) is 11.5 Å². The van der Waals surface area contributed by atoms with Gasteiger partial charge >= 0.3 is 6.36 Å². The zero-order valence-electron chi connectivity index (χ0n) is 7.76. The molecule has 0 fully saturated rings. The molecule has 1 aromatic heterocycles. The van der Waals surface area contributed by atoms with Gasteiger partial charge in [0.25, 0.3) is 6.43 Å². The summed E-state index contributed by atoms with van der Waals surface area (Å²) in [4.78, 5) is 13.0. The van der Waals surface area contributed by atoms with E-state index < -0.39 is 35.7 Å². The molecule has 94 valence electrons. The lowest BCUT2D eigenvalue weighted by atomic mass is 10.2. The fourth-order valence-electron chi connectivity index (χ4n) is 0.974. The molecule has 0 unspecified atom stereocenters. The summed E-state index contributed by atoms with van der Waals surface area (Å²) in [6, 6.07) is 0.100. The fraction of sp³-hybridized carbons (Fsp3) is 0.250. The minimum Gasteiger partial charge on any atom is -0.388 e. The normalized spacial score (nSPS) is 11.7. The lowest BCUT2D eigenvalue weighted by Crippen LogP contribution is -2.19. The molecule has 0 aromatic carbocycles. The van der Waals surface area contributed by atoms with E-state index in [2.05, 4.69) is 9.72 Å². The van der Waals surface area contributed by atoms with Crippen molar-refractivity contribution >= 4 is 6.29 Å². The SMILES string of the molecule is O=Cc1c(F)cc(OC(F)(F)F)nc1C(F)F. The van der Waals surface area contributed by atoms with E-state index in [1.165, 1.54) is 0 Å². The summed E-state index contributed by atoms with van der Waals surface area (Å²) in [7, 11) is 0. The van der Waals surface area contributed by atoms with Crippen molar-refractivity contribution < 1.29 is 35.9 Å². The van der Waals surface area contributed by atoms with E-state index in [4.69, 9.17) is 0 Å². The van der Waals surface area contributed by atoms with E-state index in [0.717, 1.165) is 0 Å². The molecule has 9 heteroatoms. The summed E-state index contributed by atoms with van der Waals surface area (Å²) >= 11 is 0. The molecule has 1 heterocycles. The fourth-order valence-corrected chi connectivity index (χ4v) is 0.974. The Morgan fingerprint density at radius 1 is 1.35 bits per heavy atom. The number of halogens is 6. The van der Waals surface area contributed by atoms with Crippen LogP contribution >= 0.6 is 0 Å². The van der Waals surface area contributed by atoms with E-state index in [1.807, 2.05) is 0 Å². The average Bonchev–Trinajstić information content (AvgIpc) is 2.13. The van der Waals surface area contributed by atoms with Crippen molar-refractivity contribution in [1.82, 2.24) is 4.98 Å². The molecule has 3 nitrogen and oxygen atoms in total. The van der Waals surface area contributed by atoms with Crippen LogP contribution < -0.4 is 4.74 Å². The van der Waals surface area contributed by atoms with Crippen molar-refractivity contribution in [3.05, 3.63) is 23.1 Å². The van der Waals surface area contributed by atoms with Crippen LogP contribution in [0.3, 0.4) is 0 Å². The minimum absolute atomic E-state index is 0.100. The maximum Gasteiger partial charge on any atom is 0.574 e. The molecule has 1 rings (SSSR count). The van der Waals surface area contributed by atoms with Gasteiger partial charge < -0.3 is 4.74 Å². The number of aldehydes is 1. The number of rotatable bonds is 3. The molecule has 0 atom stereocenters. The molecule has 0 N–H and O–H groups in total. The summed E-state index contributed by atoms with van der Waals surface area (Å²) in [5, 5.41) is 0. The third-order valence-electron chi connectivity index (χ3n) is 1.56. The van der Waals surface area contributed by atoms with Gasteiger partial charge in [-0.25, -0.2) is 18.2 Å². The number of hydrogen-bond acceptors (Lipinski definition) is 3. The highest BCUT2D eigenvalue weighted by molar-refractivity contribution is 5.77. The van der Waals surface area contributed by atoms with Gasteiger partial charge in [-0.15, -0.1) is 13.2 Å². The first-order valence-electron chi connectivity index (χ1n) is 3.94. The molecule has 0 aliphatic rings. The minimum atomic E-state index is -5.19. The maximum atomic E-state index is 13.0. The second-order valence-electron chi connectivity index (χ2n) is 2.71. The molecule has 0 spiro atoms. The number of hydrogen-bond donors (Lipinski definition) is 0. The first-order chi connectivity index (χ1) is 7.74. The van der Waals surface area contributed by atoms with Crippen LogP contribution in [0, 0.1) is 5.82 Å². The van der Waals surface area contributed by atoms with Gasteiger partial charge in [0, 0.05) is 6.07 Å².